The van der Waals surface area contributed by atoms with Crippen LogP contribution in [0.3, 0.4) is 0 Å². The average molecular weight is 253 g/mol. The zero-order valence-electron chi connectivity index (χ0n) is 11.3. The molecule has 4 heteroatoms. The van der Waals surface area contributed by atoms with Gasteiger partial charge in [0, 0.05) is 12.7 Å². The quantitative estimate of drug-likeness (QED) is 0.593. The first-order valence-electron chi connectivity index (χ1n) is 6.33. The standard InChI is InChI=1S/C13H23N3S/c1-5-7-14-13-15-9-11(4)12(16-13)17-8-6-10(2)3/h9-10H,5-8H2,1-4H3,(H,14,15,16). The Labute approximate surface area is 109 Å². The highest BCUT2D eigenvalue weighted by Crippen LogP contribution is 2.22. The van der Waals surface area contributed by atoms with E-state index in [-0.39, 0.29) is 0 Å². The average Bonchev–Trinajstić information content (AvgIpc) is 2.29. The summed E-state index contributed by atoms with van der Waals surface area (Å²) in [6.07, 6.45) is 4.22. The lowest BCUT2D eigenvalue weighted by Gasteiger charge is -2.08. The summed E-state index contributed by atoms with van der Waals surface area (Å²) in [6.45, 7) is 9.64. The van der Waals surface area contributed by atoms with E-state index in [9.17, 15) is 0 Å². The van der Waals surface area contributed by atoms with Crippen LogP contribution in [0.25, 0.3) is 0 Å². The Bertz CT molecular complexity index is 339. The monoisotopic (exact) mass is 253 g/mol. The number of hydrogen-bond donors (Lipinski definition) is 1. The van der Waals surface area contributed by atoms with Crippen molar-refractivity contribution in [2.75, 3.05) is 17.6 Å². The highest BCUT2D eigenvalue weighted by molar-refractivity contribution is 7.99. The van der Waals surface area contributed by atoms with Gasteiger partial charge in [-0.25, -0.2) is 9.97 Å². The Morgan fingerprint density at radius 2 is 2.18 bits per heavy atom. The summed E-state index contributed by atoms with van der Waals surface area (Å²) >= 11 is 1.83. The van der Waals surface area contributed by atoms with Gasteiger partial charge in [0.1, 0.15) is 5.03 Å². The molecule has 0 aliphatic heterocycles. The van der Waals surface area contributed by atoms with E-state index in [1.165, 1.54) is 12.0 Å². The zero-order valence-corrected chi connectivity index (χ0v) is 12.1. The molecule has 0 saturated carbocycles. The molecule has 0 atom stereocenters. The number of nitrogens with one attached hydrogen (secondary N) is 1. The van der Waals surface area contributed by atoms with Crippen LogP contribution in [0.5, 0.6) is 0 Å². The third-order valence-corrected chi connectivity index (χ3v) is 3.52. The molecule has 0 unspecified atom stereocenters. The molecule has 1 N–H and O–H groups in total. The maximum absolute atomic E-state index is 4.55. The number of rotatable bonds is 7. The van der Waals surface area contributed by atoms with Crippen molar-refractivity contribution in [3.8, 4) is 0 Å². The second kappa shape index (κ2) is 7.54. The number of hydrogen-bond acceptors (Lipinski definition) is 4. The van der Waals surface area contributed by atoms with Gasteiger partial charge in [-0.2, -0.15) is 0 Å². The molecule has 96 valence electrons. The maximum Gasteiger partial charge on any atom is 0.223 e. The predicted molar refractivity (Wildman–Crippen MR) is 75.7 cm³/mol. The van der Waals surface area contributed by atoms with Gasteiger partial charge in [-0.3, -0.25) is 0 Å². The van der Waals surface area contributed by atoms with Gasteiger partial charge in [0.05, 0.1) is 0 Å². The van der Waals surface area contributed by atoms with Crippen molar-refractivity contribution in [2.45, 2.75) is 45.6 Å². The normalized spacial score (nSPS) is 10.9. The number of anilines is 1. The Hall–Kier alpha value is -0.770. The van der Waals surface area contributed by atoms with Crippen LogP contribution in [-0.2, 0) is 0 Å². The fraction of sp³-hybridized carbons (Fsp3) is 0.692. The van der Waals surface area contributed by atoms with Crippen LogP contribution < -0.4 is 5.32 Å². The predicted octanol–water partition coefficient (Wildman–Crippen LogP) is 3.75. The minimum absolute atomic E-state index is 0.752. The lowest BCUT2D eigenvalue weighted by atomic mass is 10.2. The molecule has 1 heterocycles. The van der Waals surface area contributed by atoms with Crippen molar-refractivity contribution in [2.24, 2.45) is 5.92 Å². The van der Waals surface area contributed by atoms with Gasteiger partial charge >= 0.3 is 0 Å². The van der Waals surface area contributed by atoms with E-state index in [0.29, 0.717) is 0 Å². The Morgan fingerprint density at radius 3 is 2.82 bits per heavy atom. The molecule has 1 aromatic rings. The summed E-state index contributed by atoms with van der Waals surface area (Å²) in [5.74, 6) is 2.63. The first-order chi connectivity index (χ1) is 8.13. The van der Waals surface area contributed by atoms with Crippen LogP contribution >= 0.6 is 11.8 Å². The van der Waals surface area contributed by atoms with Crippen molar-refractivity contribution in [1.29, 1.82) is 0 Å². The van der Waals surface area contributed by atoms with Crippen LogP contribution in [0.2, 0.25) is 0 Å². The zero-order chi connectivity index (χ0) is 12.7. The molecule has 1 aromatic heterocycles. The van der Waals surface area contributed by atoms with Gasteiger partial charge in [-0.05, 0) is 37.0 Å². The van der Waals surface area contributed by atoms with Gasteiger partial charge in [0.2, 0.25) is 5.95 Å². The summed E-state index contributed by atoms with van der Waals surface area (Å²) in [5.41, 5.74) is 1.17. The molecule has 0 radical (unpaired) electrons. The molecule has 0 saturated heterocycles. The molecule has 0 spiro atoms. The molecule has 0 aliphatic rings. The van der Waals surface area contributed by atoms with Crippen molar-refractivity contribution < 1.29 is 0 Å². The van der Waals surface area contributed by atoms with Crippen molar-refractivity contribution in [3.05, 3.63) is 11.8 Å². The van der Waals surface area contributed by atoms with E-state index in [4.69, 9.17) is 0 Å². The van der Waals surface area contributed by atoms with Crippen molar-refractivity contribution >= 4 is 17.7 Å². The number of aromatic nitrogens is 2. The van der Waals surface area contributed by atoms with Crippen molar-refractivity contribution in [1.82, 2.24) is 9.97 Å². The van der Waals surface area contributed by atoms with Crippen LogP contribution in [-0.4, -0.2) is 22.3 Å². The smallest absolute Gasteiger partial charge is 0.223 e. The number of nitrogens with zero attached hydrogens (tertiary/aromatic N) is 2. The molecule has 0 bridgehead atoms. The summed E-state index contributed by atoms with van der Waals surface area (Å²) in [7, 11) is 0. The highest BCUT2D eigenvalue weighted by Gasteiger charge is 2.04. The van der Waals surface area contributed by atoms with E-state index in [1.54, 1.807) is 0 Å². The third-order valence-electron chi connectivity index (χ3n) is 2.39. The first-order valence-corrected chi connectivity index (χ1v) is 7.32. The van der Waals surface area contributed by atoms with Gasteiger partial charge in [0.15, 0.2) is 0 Å². The van der Waals surface area contributed by atoms with Gasteiger partial charge in [-0.15, -0.1) is 11.8 Å². The fourth-order valence-corrected chi connectivity index (χ4v) is 2.50. The second-order valence-electron chi connectivity index (χ2n) is 4.64. The molecule has 0 aliphatic carbocycles. The summed E-state index contributed by atoms with van der Waals surface area (Å²) in [4.78, 5) is 8.83. The summed E-state index contributed by atoms with van der Waals surface area (Å²) in [6, 6.07) is 0. The van der Waals surface area contributed by atoms with Crippen molar-refractivity contribution in [3.63, 3.8) is 0 Å². The molecule has 0 aromatic carbocycles. The molecular formula is C13H23N3S. The van der Waals surface area contributed by atoms with Crippen LogP contribution in [0, 0.1) is 12.8 Å². The second-order valence-corrected chi connectivity index (χ2v) is 5.72. The highest BCUT2D eigenvalue weighted by atomic mass is 32.2. The molecule has 17 heavy (non-hydrogen) atoms. The molecule has 0 amide bonds. The van der Waals surface area contributed by atoms with E-state index in [2.05, 4.69) is 43.0 Å². The molecular weight excluding hydrogens is 230 g/mol. The fourth-order valence-electron chi connectivity index (χ4n) is 1.29. The summed E-state index contributed by atoms with van der Waals surface area (Å²) in [5, 5.41) is 4.34. The summed E-state index contributed by atoms with van der Waals surface area (Å²) < 4.78 is 0. The van der Waals surface area contributed by atoms with Crippen LogP contribution in [0.15, 0.2) is 11.2 Å². The molecule has 1 rings (SSSR count). The van der Waals surface area contributed by atoms with Gasteiger partial charge in [-0.1, -0.05) is 20.8 Å². The Balaban J connectivity index is 2.56. The molecule has 3 nitrogen and oxygen atoms in total. The Kier molecular flexibility index (Phi) is 6.34. The van der Waals surface area contributed by atoms with Gasteiger partial charge < -0.3 is 5.32 Å². The largest absolute Gasteiger partial charge is 0.354 e. The number of thioether (sulfide) groups is 1. The Morgan fingerprint density at radius 1 is 1.41 bits per heavy atom. The van der Waals surface area contributed by atoms with Crippen LogP contribution in [0.4, 0.5) is 5.95 Å². The van der Waals surface area contributed by atoms with Crippen LogP contribution in [0.1, 0.15) is 39.2 Å². The van der Waals surface area contributed by atoms with E-state index in [0.717, 1.165) is 35.6 Å². The van der Waals surface area contributed by atoms with E-state index < -0.39 is 0 Å². The minimum Gasteiger partial charge on any atom is -0.354 e. The lowest BCUT2D eigenvalue weighted by molar-refractivity contribution is 0.632. The maximum atomic E-state index is 4.55. The minimum atomic E-state index is 0.752. The lowest BCUT2D eigenvalue weighted by Crippen LogP contribution is -2.05. The van der Waals surface area contributed by atoms with E-state index in [1.807, 2.05) is 18.0 Å². The van der Waals surface area contributed by atoms with E-state index >= 15 is 0 Å². The third kappa shape index (κ3) is 5.39. The number of aryl methyl sites for hydroxylation is 1. The molecule has 0 fully saturated rings. The first kappa shape index (κ1) is 14.3. The topological polar surface area (TPSA) is 37.8 Å². The SMILES string of the molecule is CCCNc1ncc(C)c(SCCC(C)C)n1. The van der Waals surface area contributed by atoms with Gasteiger partial charge in [0.25, 0.3) is 0 Å².